The van der Waals surface area contributed by atoms with Crippen molar-refractivity contribution in [1.82, 2.24) is 0 Å². The summed E-state index contributed by atoms with van der Waals surface area (Å²) in [6.45, 7) is 4.16. The largest absolute Gasteiger partial charge is 0.366 e. The van der Waals surface area contributed by atoms with Gasteiger partial charge in [-0.15, -0.1) is 0 Å². The van der Waals surface area contributed by atoms with Crippen LogP contribution in [0, 0.1) is 18.3 Å². The van der Waals surface area contributed by atoms with Crippen molar-refractivity contribution in [3.8, 4) is 6.07 Å². The van der Waals surface area contributed by atoms with Crippen molar-refractivity contribution in [2.75, 3.05) is 5.32 Å². The molecule has 0 aliphatic carbocycles. The minimum absolute atomic E-state index is 0.307. The molecule has 2 heteroatoms. The van der Waals surface area contributed by atoms with Crippen LogP contribution in [-0.2, 0) is 6.42 Å². The molecule has 1 atom stereocenters. The van der Waals surface area contributed by atoms with Crippen molar-refractivity contribution in [3.05, 3.63) is 65.2 Å². The van der Waals surface area contributed by atoms with Gasteiger partial charge >= 0.3 is 0 Å². The van der Waals surface area contributed by atoms with Gasteiger partial charge in [0.2, 0.25) is 0 Å². The fourth-order valence-electron chi connectivity index (χ4n) is 2.13. The Bertz CT molecular complexity index is 579. The van der Waals surface area contributed by atoms with Crippen LogP contribution in [0.4, 0.5) is 5.69 Å². The maximum absolute atomic E-state index is 9.40. The molecule has 1 unspecified atom stereocenters. The number of nitrogens with zero attached hydrogens (tertiary/aromatic N) is 1. The second-order valence-corrected chi connectivity index (χ2v) is 4.62. The van der Waals surface area contributed by atoms with Gasteiger partial charge in [0.05, 0.1) is 6.07 Å². The van der Waals surface area contributed by atoms with Crippen molar-refractivity contribution in [2.45, 2.75) is 26.3 Å². The number of rotatable bonds is 4. The van der Waals surface area contributed by atoms with E-state index in [1.165, 1.54) is 11.1 Å². The van der Waals surface area contributed by atoms with Crippen LogP contribution < -0.4 is 5.32 Å². The zero-order valence-corrected chi connectivity index (χ0v) is 11.4. The van der Waals surface area contributed by atoms with E-state index in [9.17, 15) is 5.26 Å². The quantitative estimate of drug-likeness (QED) is 0.881. The highest BCUT2D eigenvalue weighted by atomic mass is 14.9. The molecule has 2 rings (SSSR count). The van der Waals surface area contributed by atoms with Gasteiger partial charge in [-0.1, -0.05) is 48.9 Å². The minimum Gasteiger partial charge on any atom is -0.366 e. The summed E-state index contributed by atoms with van der Waals surface area (Å²) in [7, 11) is 0. The van der Waals surface area contributed by atoms with Crippen LogP contribution >= 0.6 is 0 Å². The molecular formula is C17H18N2. The number of hydrogen-bond donors (Lipinski definition) is 1. The van der Waals surface area contributed by atoms with Crippen molar-refractivity contribution in [1.29, 1.82) is 5.26 Å². The van der Waals surface area contributed by atoms with Crippen molar-refractivity contribution < 1.29 is 0 Å². The molecule has 2 nitrogen and oxygen atoms in total. The Morgan fingerprint density at radius 3 is 2.42 bits per heavy atom. The summed E-state index contributed by atoms with van der Waals surface area (Å²) in [5.74, 6) is 0. The number of hydrogen-bond acceptors (Lipinski definition) is 2. The van der Waals surface area contributed by atoms with E-state index >= 15 is 0 Å². The second kappa shape index (κ2) is 6.06. The third kappa shape index (κ3) is 3.14. The van der Waals surface area contributed by atoms with E-state index < -0.39 is 0 Å². The topological polar surface area (TPSA) is 35.8 Å². The zero-order chi connectivity index (χ0) is 13.7. The molecule has 0 saturated carbocycles. The van der Waals surface area contributed by atoms with E-state index in [1.54, 1.807) is 0 Å². The normalized spacial score (nSPS) is 11.6. The van der Waals surface area contributed by atoms with Crippen LogP contribution in [-0.4, -0.2) is 0 Å². The van der Waals surface area contributed by atoms with Crippen LogP contribution in [0.15, 0.2) is 48.5 Å². The van der Waals surface area contributed by atoms with E-state index in [1.807, 2.05) is 42.5 Å². The van der Waals surface area contributed by atoms with Crippen LogP contribution in [0.25, 0.3) is 0 Å². The van der Waals surface area contributed by atoms with E-state index in [0.717, 1.165) is 17.7 Å². The van der Waals surface area contributed by atoms with Crippen LogP contribution in [0.5, 0.6) is 0 Å². The van der Waals surface area contributed by atoms with Crippen LogP contribution in [0.3, 0.4) is 0 Å². The van der Waals surface area contributed by atoms with Gasteiger partial charge in [0.15, 0.2) is 0 Å². The second-order valence-electron chi connectivity index (χ2n) is 4.62. The maximum Gasteiger partial charge on any atom is 0.140 e. The Balaban J connectivity index is 2.25. The summed E-state index contributed by atoms with van der Waals surface area (Å²) in [5.41, 5.74) is 4.47. The van der Waals surface area contributed by atoms with Crippen molar-refractivity contribution >= 4 is 5.69 Å². The Morgan fingerprint density at radius 2 is 1.79 bits per heavy atom. The number of anilines is 1. The zero-order valence-electron chi connectivity index (χ0n) is 11.4. The van der Waals surface area contributed by atoms with Gasteiger partial charge in [-0.3, -0.25) is 0 Å². The van der Waals surface area contributed by atoms with Gasteiger partial charge < -0.3 is 5.32 Å². The third-order valence-electron chi connectivity index (χ3n) is 3.24. The average Bonchev–Trinajstić information content (AvgIpc) is 2.46. The highest BCUT2D eigenvalue weighted by molar-refractivity contribution is 5.49. The van der Waals surface area contributed by atoms with E-state index in [-0.39, 0.29) is 6.04 Å². The average molecular weight is 250 g/mol. The number of aryl methyl sites for hydroxylation is 2. The highest BCUT2D eigenvalue weighted by Gasteiger charge is 2.13. The molecule has 0 aromatic heterocycles. The molecule has 0 aliphatic heterocycles. The fraction of sp³-hybridized carbons (Fsp3) is 0.235. The van der Waals surface area contributed by atoms with E-state index in [0.29, 0.717) is 0 Å². The summed E-state index contributed by atoms with van der Waals surface area (Å²) in [6, 6.07) is 18.2. The molecule has 19 heavy (non-hydrogen) atoms. The van der Waals surface area contributed by atoms with Gasteiger partial charge in [-0.25, -0.2) is 0 Å². The van der Waals surface area contributed by atoms with Gasteiger partial charge in [-0.05, 0) is 36.6 Å². The molecule has 1 N–H and O–H groups in total. The lowest BCUT2D eigenvalue weighted by Crippen LogP contribution is -2.10. The molecular weight excluding hydrogens is 232 g/mol. The smallest absolute Gasteiger partial charge is 0.140 e. The lowest BCUT2D eigenvalue weighted by Gasteiger charge is -2.16. The summed E-state index contributed by atoms with van der Waals surface area (Å²) >= 11 is 0. The lowest BCUT2D eigenvalue weighted by molar-refractivity contribution is 0.954. The molecule has 0 heterocycles. The molecule has 2 aromatic rings. The predicted octanol–water partition coefficient (Wildman–Crippen LogP) is 4.23. The highest BCUT2D eigenvalue weighted by Crippen LogP contribution is 2.23. The predicted molar refractivity (Wildman–Crippen MR) is 79.0 cm³/mol. The molecule has 0 radical (unpaired) electrons. The molecule has 0 amide bonds. The molecule has 96 valence electrons. The van der Waals surface area contributed by atoms with E-state index in [2.05, 4.69) is 31.3 Å². The maximum atomic E-state index is 9.40. The molecule has 0 aliphatic rings. The summed E-state index contributed by atoms with van der Waals surface area (Å²) in [5, 5.41) is 12.7. The summed E-state index contributed by atoms with van der Waals surface area (Å²) in [6.07, 6.45) is 0.934. The fourth-order valence-corrected chi connectivity index (χ4v) is 2.13. The first-order valence-corrected chi connectivity index (χ1v) is 6.55. The molecule has 0 spiro atoms. The molecule has 0 saturated heterocycles. The molecule has 2 aromatic carbocycles. The summed E-state index contributed by atoms with van der Waals surface area (Å²) in [4.78, 5) is 0. The first kappa shape index (κ1) is 13.2. The number of benzene rings is 2. The number of nitrogens with one attached hydrogen (secondary N) is 1. The first-order valence-electron chi connectivity index (χ1n) is 6.55. The Labute approximate surface area is 114 Å². The van der Waals surface area contributed by atoms with Gasteiger partial charge in [0, 0.05) is 5.69 Å². The Hall–Kier alpha value is -2.27. The Morgan fingerprint density at radius 1 is 1.11 bits per heavy atom. The molecule has 0 fully saturated rings. The van der Waals surface area contributed by atoms with Crippen LogP contribution in [0.1, 0.15) is 29.7 Å². The monoisotopic (exact) mass is 250 g/mol. The summed E-state index contributed by atoms with van der Waals surface area (Å²) < 4.78 is 0. The van der Waals surface area contributed by atoms with Gasteiger partial charge in [0.25, 0.3) is 0 Å². The van der Waals surface area contributed by atoms with Gasteiger partial charge in [-0.2, -0.15) is 5.26 Å². The number of nitriles is 1. The third-order valence-corrected chi connectivity index (χ3v) is 3.24. The Kier molecular flexibility index (Phi) is 4.20. The first-order chi connectivity index (χ1) is 9.24. The van der Waals surface area contributed by atoms with Crippen LogP contribution in [0.2, 0.25) is 0 Å². The van der Waals surface area contributed by atoms with Gasteiger partial charge in [0.1, 0.15) is 6.04 Å². The van der Waals surface area contributed by atoms with E-state index in [4.69, 9.17) is 0 Å². The SMILES string of the molecule is CCc1ccccc1C(C#N)Nc1ccc(C)cc1. The molecule has 0 bridgehead atoms. The van der Waals surface area contributed by atoms with Crippen molar-refractivity contribution in [2.24, 2.45) is 0 Å². The lowest BCUT2D eigenvalue weighted by atomic mass is 9.99. The van der Waals surface area contributed by atoms with Crippen molar-refractivity contribution in [3.63, 3.8) is 0 Å². The standard InChI is InChI=1S/C17H18N2/c1-3-14-6-4-5-7-16(14)17(12-18)19-15-10-8-13(2)9-11-15/h4-11,17,19H,3H2,1-2H3. The minimum atomic E-state index is -0.307.